The lowest BCUT2D eigenvalue weighted by Crippen LogP contribution is -2.36. The zero-order chi connectivity index (χ0) is 33.6. The second kappa shape index (κ2) is 14.2. The van der Waals surface area contributed by atoms with Gasteiger partial charge in [0, 0.05) is 16.9 Å². The standard InChI is InChI=1S/C32H31F6N3O5/c33-31(34,35)25-15-12-23(16-26(25)32(36,37)38)40-30(46)41(24-13-10-21(11-14-24)20-4-2-1-3-5-20)18-19-6-8-22(9-7-19)28(43)39-17-27(42)29(44)45/h6-16,20,27,42H,1-5,17-18H2,(H,39,43)(H,40,46)(H,44,45)/t27-/m1/s1. The van der Waals surface area contributed by atoms with E-state index < -0.39 is 59.7 Å². The SMILES string of the molecule is O=C(NC[C@@H](O)C(=O)O)c1ccc(CN(C(=O)Nc2ccc(C(F)(F)F)c(C(F)(F)F)c2)c2ccc(C3CCCCC3)cc2)cc1. The fourth-order valence-electron chi connectivity index (χ4n) is 5.26. The Hall–Kier alpha value is -4.59. The summed E-state index contributed by atoms with van der Waals surface area (Å²) in [5.41, 5.74) is -2.27. The normalized spacial score (nSPS) is 14.8. The molecule has 3 amide bonds. The highest BCUT2D eigenvalue weighted by atomic mass is 19.4. The molecular formula is C32H31F6N3O5. The van der Waals surface area contributed by atoms with Crippen molar-refractivity contribution in [1.29, 1.82) is 0 Å². The van der Waals surface area contributed by atoms with Crippen LogP contribution in [-0.4, -0.2) is 40.8 Å². The average molecular weight is 652 g/mol. The van der Waals surface area contributed by atoms with Crippen LogP contribution in [0.2, 0.25) is 0 Å². The smallest absolute Gasteiger partial charge is 0.417 e. The summed E-state index contributed by atoms with van der Waals surface area (Å²) >= 11 is 0. The lowest BCUT2D eigenvalue weighted by atomic mass is 9.84. The molecular weight excluding hydrogens is 620 g/mol. The molecule has 246 valence electrons. The van der Waals surface area contributed by atoms with E-state index in [1.165, 1.54) is 29.2 Å². The van der Waals surface area contributed by atoms with E-state index in [9.17, 15) is 45.8 Å². The van der Waals surface area contributed by atoms with E-state index in [0.29, 0.717) is 17.2 Å². The van der Waals surface area contributed by atoms with Gasteiger partial charge in [-0.05, 0) is 72.4 Å². The molecule has 0 radical (unpaired) electrons. The molecule has 0 aromatic heterocycles. The number of rotatable bonds is 9. The van der Waals surface area contributed by atoms with Gasteiger partial charge < -0.3 is 20.8 Å². The summed E-state index contributed by atoms with van der Waals surface area (Å²) in [6.07, 6.45) is -6.99. The third-order valence-electron chi connectivity index (χ3n) is 7.71. The number of halogens is 6. The lowest BCUT2D eigenvalue weighted by molar-refractivity contribution is -0.162. The molecule has 3 aromatic rings. The number of nitrogens with zero attached hydrogens (tertiary/aromatic N) is 1. The molecule has 0 unspecified atom stereocenters. The Morgan fingerprint density at radius 2 is 1.43 bits per heavy atom. The zero-order valence-electron chi connectivity index (χ0n) is 24.3. The van der Waals surface area contributed by atoms with E-state index in [-0.39, 0.29) is 24.2 Å². The van der Waals surface area contributed by atoms with Crippen molar-refractivity contribution in [2.24, 2.45) is 0 Å². The van der Waals surface area contributed by atoms with Gasteiger partial charge in [0.15, 0.2) is 6.10 Å². The minimum absolute atomic E-state index is 0.124. The number of benzene rings is 3. The maximum atomic E-state index is 13.5. The van der Waals surface area contributed by atoms with Gasteiger partial charge in [-0.25, -0.2) is 9.59 Å². The molecule has 0 bridgehead atoms. The zero-order valence-corrected chi connectivity index (χ0v) is 24.3. The van der Waals surface area contributed by atoms with Crippen LogP contribution in [0.15, 0.2) is 66.7 Å². The number of aliphatic hydroxyl groups is 1. The topological polar surface area (TPSA) is 119 Å². The number of alkyl halides is 6. The van der Waals surface area contributed by atoms with Crippen molar-refractivity contribution in [2.75, 3.05) is 16.8 Å². The number of aliphatic carboxylic acids is 1. The van der Waals surface area contributed by atoms with Gasteiger partial charge in [-0.1, -0.05) is 43.5 Å². The monoisotopic (exact) mass is 651 g/mol. The number of urea groups is 1. The number of carboxylic acids is 1. The van der Waals surface area contributed by atoms with Crippen LogP contribution in [0.1, 0.15) is 70.6 Å². The molecule has 46 heavy (non-hydrogen) atoms. The number of carboxylic acid groups (broad SMARTS) is 1. The third kappa shape index (κ3) is 8.77. The number of anilines is 2. The molecule has 0 aliphatic heterocycles. The first-order chi connectivity index (χ1) is 21.6. The van der Waals surface area contributed by atoms with Crippen LogP contribution in [-0.2, 0) is 23.7 Å². The second-order valence-corrected chi connectivity index (χ2v) is 11.0. The maximum Gasteiger partial charge on any atom is 0.417 e. The van der Waals surface area contributed by atoms with Gasteiger partial charge in [-0.15, -0.1) is 0 Å². The molecule has 1 aliphatic rings. The second-order valence-electron chi connectivity index (χ2n) is 11.0. The van der Waals surface area contributed by atoms with E-state index in [1.807, 2.05) is 12.1 Å². The first kappa shape index (κ1) is 34.3. The van der Waals surface area contributed by atoms with Gasteiger partial charge in [0.05, 0.1) is 24.2 Å². The molecule has 4 rings (SSSR count). The van der Waals surface area contributed by atoms with Gasteiger partial charge >= 0.3 is 24.4 Å². The van der Waals surface area contributed by atoms with Crippen molar-refractivity contribution in [3.8, 4) is 0 Å². The Labute approximate surface area is 260 Å². The van der Waals surface area contributed by atoms with Crippen molar-refractivity contribution in [2.45, 2.75) is 63.0 Å². The third-order valence-corrected chi connectivity index (χ3v) is 7.71. The number of hydrogen-bond acceptors (Lipinski definition) is 4. The molecule has 8 nitrogen and oxygen atoms in total. The Balaban J connectivity index is 1.59. The highest BCUT2D eigenvalue weighted by molar-refractivity contribution is 6.02. The van der Waals surface area contributed by atoms with Crippen LogP contribution >= 0.6 is 0 Å². The fourth-order valence-corrected chi connectivity index (χ4v) is 5.26. The number of carbonyl (C=O) groups excluding carboxylic acids is 2. The van der Waals surface area contributed by atoms with Crippen LogP contribution in [0.3, 0.4) is 0 Å². The Morgan fingerprint density at radius 3 is 2.00 bits per heavy atom. The molecule has 14 heteroatoms. The predicted molar refractivity (Wildman–Crippen MR) is 156 cm³/mol. The summed E-state index contributed by atoms with van der Waals surface area (Å²) in [7, 11) is 0. The number of nitrogens with one attached hydrogen (secondary N) is 2. The summed E-state index contributed by atoms with van der Waals surface area (Å²) in [5, 5.41) is 22.7. The Morgan fingerprint density at radius 1 is 0.826 bits per heavy atom. The van der Waals surface area contributed by atoms with Gasteiger partial charge in [-0.3, -0.25) is 9.69 Å². The summed E-state index contributed by atoms with van der Waals surface area (Å²) in [5.74, 6) is -1.82. The first-order valence-electron chi connectivity index (χ1n) is 14.4. The quantitative estimate of drug-likeness (QED) is 0.183. The number of amides is 3. The first-order valence-corrected chi connectivity index (χ1v) is 14.4. The largest absolute Gasteiger partial charge is 0.479 e. The molecule has 1 atom stereocenters. The van der Waals surface area contributed by atoms with Gasteiger partial charge in [-0.2, -0.15) is 26.3 Å². The lowest BCUT2D eigenvalue weighted by Gasteiger charge is -2.26. The van der Waals surface area contributed by atoms with Crippen LogP contribution in [0.5, 0.6) is 0 Å². The van der Waals surface area contributed by atoms with E-state index in [2.05, 4.69) is 10.6 Å². The van der Waals surface area contributed by atoms with E-state index in [4.69, 9.17) is 5.11 Å². The maximum absolute atomic E-state index is 13.5. The van der Waals surface area contributed by atoms with Gasteiger partial charge in [0.1, 0.15) is 0 Å². The van der Waals surface area contributed by atoms with Crippen LogP contribution in [0.4, 0.5) is 42.5 Å². The number of aliphatic hydroxyl groups excluding tert-OH is 1. The van der Waals surface area contributed by atoms with Crippen LogP contribution in [0, 0.1) is 0 Å². The molecule has 0 spiro atoms. The van der Waals surface area contributed by atoms with Crippen LogP contribution < -0.4 is 15.5 Å². The van der Waals surface area contributed by atoms with Crippen molar-refractivity contribution in [3.05, 3.63) is 94.5 Å². The summed E-state index contributed by atoms with van der Waals surface area (Å²) in [4.78, 5) is 37.8. The van der Waals surface area contributed by atoms with Crippen molar-refractivity contribution < 1.29 is 50.9 Å². The van der Waals surface area contributed by atoms with E-state index >= 15 is 0 Å². The van der Waals surface area contributed by atoms with Gasteiger partial charge in [0.25, 0.3) is 5.91 Å². The number of hydrogen-bond donors (Lipinski definition) is 4. The Kier molecular flexibility index (Phi) is 10.6. The molecule has 1 saturated carbocycles. The molecule has 0 heterocycles. The summed E-state index contributed by atoms with van der Waals surface area (Å²) in [6.45, 7) is -0.665. The van der Waals surface area contributed by atoms with E-state index in [1.54, 1.807) is 12.1 Å². The predicted octanol–water partition coefficient (Wildman–Crippen LogP) is 7.19. The molecule has 0 saturated heterocycles. The Bertz CT molecular complexity index is 1540. The van der Waals surface area contributed by atoms with Crippen molar-refractivity contribution in [3.63, 3.8) is 0 Å². The summed E-state index contributed by atoms with van der Waals surface area (Å²) in [6, 6.07) is 13.2. The fraction of sp³-hybridized carbons (Fsp3) is 0.344. The highest BCUT2D eigenvalue weighted by Crippen LogP contribution is 2.41. The minimum Gasteiger partial charge on any atom is -0.479 e. The van der Waals surface area contributed by atoms with Crippen molar-refractivity contribution >= 4 is 29.3 Å². The molecule has 1 aliphatic carbocycles. The average Bonchev–Trinajstić information content (AvgIpc) is 3.02. The summed E-state index contributed by atoms with van der Waals surface area (Å²) < 4.78 is 80.4. The highest BCUT2D eigenvalue weighted by Gasteiger charge is 2.43. The van der Waals surface area contributed by atoms with Gasteiger partial charge in [0.2, 0.25) is 0 Å². The molecule has 1 fully saturated rings. The molecule has 4 N–H and O–H groups in total. The number of carbonyl (C=O) groups is 3. The van der Waals surface area contributed by atoms with Crippen molar-refractivity contribution in [1.82, 2.24) is 5.32 Å². The molecule has 3 aromatic carbocycles. The van der Waals surface area contributed by atoms with Crippen LogP contribution in [0.25, 0.3) is 0 Å². The minimum atomic E-state index is -5.33. The van der Waals surface area contributed by atoms with E-state index in [0.717, 1.165) is 43.7 Å².